The molecule has 0 aromatic heterocycles. The van der Waals surface area contributed by atoms with E-state index in [9.17, 15) is 0 Å². The average Bonchev–Trinajstić information content (AvgIpc) is 2.49. The van der Waals surface area contributed by atoms with Gasteiger partial charge in [0.15, 0.2) is 0 Å². The maximum atomic E-state index is 5.73. The SMILES string of the molecule is CC.Cc1cc(C)cc(CN)c1.Cc1cc(Cl)ccc1CN. The Bertz CT molecular complexity index is 545. The van der Waals surface area contributed by atoms with Gasteiger partial charge in [-0.2, -0.15) is 0 Å². The molecular formula is C19H29ClN2. The number of hydrogen-bond acceptors (Lipinski definition) is 2. The number of benzene rings is 2. The van der Waals surface area contributed by atoms with Crippen LogP contribution in [0.15, 0.2) is 36.4 Å². The first kappa shape index (κ1) is 20.6. The highest BCUT2D eigenvalue weighted by molar-refractivity contribution is 6.30. The van der Waals surface area contributed by atoms with Crippen LogP contribution in [0.5, 0.6) is 0 Å². The number of nitrogens with two attached hydrogens (primary N) is 2. The van der Waals surface area contributed by atoms with Crippen molar-refractivity contribution in [2.45, 2.75) is 47.7 Å². The zero-order chi connectivity index (χ0) is 17.1. The van der Waals surface area contributed by atoms with Crippen LogP contribution in [-0.4, -0.2) is 0 Å². The first-order valence-electron chi connectivity index (χ1n) is 7.68. The minimum atomic E-state index is 0.586. The van der Waals surface area contributed by atoms with Gasteiger partial charge in [0.1, 0.15) is 0 Å². The highest BCUT2D eigenvalue weighted by Gasteiger charge is 1.94. The minimum absolute atomic E-state index is 0.586. The maximum Gasteiger partial charge on any atom is 0.0408 e. The van der Waals surface area contributed by atoms with E-state index in [-0.39, 0.29) is 0 Å². The van der Waals surface area contributed by atoms with Crippen LogP contribution >= 0.6 is 11.6 Å². The van der Waals surface area contributed by atoms with Gasteiger partial charge >= 0.3 is 0 Å². The van der Waals surface area contributed by atoms with Crippen LogP contribution in [0.3, 0.4) is 0 Å². The summed E-state index contributed by atoms with van der Waals surface area (Å²) in [6.07, 6.45) is 0. The second kappa shape index (κ2) is 11.2. The van der Waals surface area contributed by atoms with E-state index in [0.29, 0.717) is 13.1 Å². The summed E-state index contributed by atoms with van der Waals surface area (Å²) in [5.41, 5.74) is 17.1. The lowest BCUT2D eigenvalue weighted by Crippen LogP contribution is -1.98. The summed E-state index contributed by atoms with van der Waals surface area (Å²) < 4.78 is 0. The molecule has 2 nitrogen and oxygen atoms in total. The molecule has 0 radical (unpaired) electrons. The minimum Gasteiger partial charge on any atom is -0.326 e. The molecule has 4 N–H and O–H groups in total. The molecule has 0 heterocycles. The number of halogens is 1. The van der Waals surface area contributed by atoms with Crippen LogP contribution in [0, 0.1) is 20.8 Å². The summed E-state index contributed by atoms with van der Waals surface area (Å²) in [6.45, 7) is 11.4. The Morgan fingerprint density at radius 2 is 1.36 bits per heavy atom. The van der Waals surface area contributed by atoms with Crippen LogP contribution in [0.4, 0.5) is 0 Å². The van der Waals surface area contributed by atoms with Crippen LogP contribution < -0.4 is 11.5 Å². The van der Waals surface area contributed by atoms with E-state index in [1.54, 1.807) is 0 Å². The fourth-order valence-electron chi connectivity index (χ4n) is 2.08. The maximum absolute atomic E-state index is 5.73. The highest BCUT2D eigenvalue weighted by Crippen LogP contribution is 2.14. The molecule has 3 heteroatoms. The van der Waals surface area contributed by atoms with E-state index in [1.807, 2.05) is 39.0 Å². The third kappa shape index (κ3) is 7.60. The van der Waals surface area contributed by atoms with E-state index in [4.69, 9.17) is 23.1 Å². The molecule has 0 aliphatic carbocycles. The zero-order valence-electron chi connectivity index (χ0n) is 14.4. The lowest BCUT2D eigenvalue weighted by atomic mass is 10.1. The van der Waals surface area contributed by atoms with Crippen LogP contribution in [0.2, 0.25) is 5.02 Å². The van der Waals surface area contributed by atoms with Gasteiger partial charge in [-0.1, -0.05) is 60.8 Å². The molecule has 0 aliphatic heterocycles. The molecule has 2 rings (SSSR count). The van der Waals surface area contributed by atoms with Gasteiger partial charge in [-0.05, 0) is 49.6 Å². The van der Waals surface area contributed by atoms with Crippen LogP contribution in [0.1, 0.15) is 41.7 Å². The largest absolute Gasteiger partial charge is 0.326 e. The zero-order valence-corrected chi connectivity index (χ0v) is 15.2. The van der Waals surface area contributed by atoms with Gasteiger partial charge in [-0.15, -0.1) is 0 Å². The predicted octanol–water partition coefficient (Wildman–Crippen LogP) is 4.90. The van der Waals surface area contributed by atoms with E-state index in [2.05, 4.69) is 32.0 Å². The Kier molecular flexibility index (Phi) is 10.6. The van der Waals surface area contributed by atoms with Crippen molar-refractivity contribution in [3.8, 4) is 0 Å². The van der Waals surface area contributed by atoms with Crippen molar-refractivity contribution in [3.05, 3.63) is 69.2 Å². The van der Waals surface area contributed by atoms with Crippen molar-refractivity contribution in [2.24, 2.45) is 11.5 Å². The molecule has 0 spiro atoms. The lowest BCUT2D eigenvalue weighted by molar-refractivity contribution is 1.05. The molecule has 0 amide bonds. The number of aryl methyl sites for hydroxylation is 3. The Labute approximate surface area is 140 Å². The Morgan fingerprint density at radius 1 is 0.818 bits per heavy atom. The molecule has 122 valence electrons. The third-order valence-corrected chi connectivity index (χ3v) is 3.28. The summed E-state index contributed by atoms with van der Waals surface area (Å²) in [7, 11) is 0. The van der Waals surface area contributed by atoms with Crippen molar-refractivity contribution in [2.75, 3.05) is 0 Å². The third-order valence-electron chi connectivity index (χ3n) is 3.04. The van der Waals surface area contributed by atoms with E-state index in [0.717, 1.165) is 16.1 Å². The Hall–Kier alpha value is -1.35. The average molecular weight is 321 g/mol. The van der Waals surface area contributed by atoms with Crippen molar-refractivity contribution >= 4 is 11.6 Å². The fraction of sp³-hybridized carbons (Fsp3) is 0.368. The van der Waals surface area contributed by atoms with Gasteiger partial charge in [-0.25, -0.2) is 0 Å². The lowest BCUT2D eigenvalue weighted by Gasteiger charge is -2.01. The fourth-order valence-corrected chi connectivity index (χ4v) is 2.30. The quantitative estimate of drug-likeness (QED) is 0.827. The monoisotopic (exact) mass is 320 g/mol. The normalized spacial score (nSPS) is 9.27. The first-order valence-corrected chi connectivity index (χ1v) is 8.06. The molecule has 22 heavy (non-hydrogen) atoms. The standard InChI is InChI=1S/C9H13N.C8H10ClN.C2H6/c1-7-3-8(2)5-9(4-7)6-10;1-6-4-8(9)3-2-7(6)5-10;1-2/h3-5H,6,10H2,1-2H3;2-4H,5,10H2,1H3;1-2H3. The Morgan fingerprint density at radius 3 is 1.77 bits per heavy atom. The van der Waals surface area contributed by atoms with Crippen LogP contribution in [0.25, 0.3) is 0 Å². The van der Waals surface area contributed by atoms with Gasteiger partial charge in [-0.3, -0.25) is 0 Å². The summed E-state index contributed by atoms with van der Waals surface area (Å²) in [5.74, 6) is 0. The van der Waals surface area contributed by atoms with Gasteiger partial charge in [0, 0.05) is 18.1 Å². The molecule has 0 fully saturated rings. The molecule has 0 saturated heterocycles. The van der Waals surface area contributed by atoms with E-state index < -0.39 is 0 Å². The van der Waals surface area contributed by atoms with Gasteiger partial charge in [0.05, 0.1) is 0 Å². The molecule has 2 aromatic rings. The van der Waals surface area contributed by atoms with Crippen molar-refractivity contribution in [1.82, 2.24) is 0 Å². The van der Waals surface area contributed by atoms with Crippen molar-refractivity contribution in [1.29, 1.82) is 0 Å². The molecule has 0 saturated carbocycles. The van der Waals surface area contributed by atoms with Gasteiger partial charge in [0.25, 0.3) is 0 Å². The topological polar surface area (TPSA) is 52.0 Å². The predicted molar refractivity (Wildman–Crippen MR) is 99.2 cm³/mol. The number of hydrogen-bond donors (Lipinski definition) is 2. The summed E-state index contributed by atoms with van der Waals surface area (Å²) >= 11 is 5.73. The van der Waals surface area contributed by atoms with E-state index in [1.165, 1.54) is 16.7 Å². The molecular weight excluding hydrogens is 292 g/mol. The molecule has 0 bridgehead atoms. The van der Waals surface area contributed by atoms with Crippen LogP contribution in [-0.2, 0) is 13.1 Å². The summed E-state index contributed by atoms with van der Waals surface area (Å²) in [4.78, 5) is 0. The molecule has 0 aliphatic rings. The van der Waals surface area contributed by atoms with Gasteiger partial charge < -0.3 is 11.5 Å². The highest BCUT2D eigenvalue weighted by atomic mass is 35.5. The Balaban J connectivity index is 0.000000360. The number of rotatable bonds is 2. The molecule has 2 aromatic carbocycles. The second-order valence-electron chi connectivity index (χ2n) is 4.98. The second-order valence-corrected chi connectivity index (χ2v) is 5.41. The van der Waals surface area contributed by atoms with E-state index >= 15 is 0 Å². The van der Waals surface area contributed by atoms with Crippen molar-refractivity contribution in [3.63, 3.8) is 0 Å². The van der Waals surface area contributed by atoms with Crippen molar-refractivity contribution < 1.29 is 0 Å². The smallest absolute Gasteiger partial charge is 0.0408 e. The molecule has 0 unspecified atom stereocenters. The summed E-state index contributed by atoms with van der Waals surface area (Å²) in [6, 6.07) is 12.1. The summed E-state index contributed by atoms with van der Waals surface area (Å²) in [5, 5.41) is 0.773. The molecule has 0 atom stereocenters. The first-order chi connectivity index (χ1) is 10.5. The van der Waals surface area contributed by atoms with Gasteiger partial charge in [0.2, 0.25) is 0 Å².